The van der Waals surface area contributed by atoms with E-state index in [1.807, 2.05) is 0 Å². The second-order valence-electron chi connectivity index (χ2n) is 19.9. The lowest BCUT2D eigenvalue weighted by Crippen LogP contribution is -2.30. The largest absolute Gasteiger partial charge is 0.462 e. The highest BCUT2D eigenvalue weighted by Crippen LogP contribution is 2.16. The van der Waals surface area contributed by atoms with Gasteiger partial charge in [0, 0.05) is 19.3 Å². The molecular weight excluding hydrogens is 853 g/mol. The van der Waals surface area contributed by atoms with Crippen LogP contribution in [0.1, 0.15) is 303 Å². The number of rotatable bonds is 54. The van der Waals surface area contributed by atoms with E-state index in [4.69, 9.17) is 14.2 Å². The van der Waals surface area contributed by atoms with Crippen LogP contribution in [0.2, 0.25) is 0 Å². The fourth-order valence-electron chi connectivity index (χ4n) is 8.49. The normalized spacial score (nSPS) is 12.4. The van der Waals surface area contributed by atoms with Crippen molar-refractivity contribution in [3.05, 3.63) is 60.8 Å². The summed E-state index contributed by atoms with van der Waals surface area (Å²) < 4.78 is 16.8. The maximum Gasteiger partial charge on any atom is 0.306 e. The van der Waals surface area contributed by atoms with Crippen molar-refractivity contribution in [2.45, 2.75) is 309 Å². The van der Waals surface area contributed by atoms with Crippen LogP contribution in [-0.2, 0) is 28.6 Å². The Kier molecular flexibility index (Phi) is 55.3. The van der Waals surface area contributed by atoms with Crippen LogP contribution in [0.3, 0.4) is 0 Å². The molecule has 69 heavy (non-hydrogen) atoms. The summed E-state index contributed by atoms with van der Waals surface area (Å²) in [5.41, 5.74) is 0. The fourth-order valence-corrected chi connectivity index (χ4v) is 8.49. The van der Waals surface area contributed by atoms with E-state index in [1.54, 1.807) is 0 Å². The van der Waals surface area contributed by atoms with E-state index in [0.717, 1.165) is 64.2 Å². The number of allylic oxidation sites excluding steroid dienone is 10. The first kappa shape index (κ1) is 66.1. The summed E-state index contributed by atoms with van der Waals surface area (Å²) in [5, 5.41) is 0. The minimum Gasteiger partial charge on any atom is -0.462 e. The predicted octanol–water partition coefficient (Wildman–Crippen LogP) is 20.0. The molecule has 0 radical (unpaired) electrons. The maximum atomic E-state index is 12.9. The van der Waals surface area contributed by atoms with Gasteiger partial charge in [-0.1, -0.05) is 261 Å². The van der Waals surface area contributed by atoms with Crippen LogP contribution in [0.25, 0.3) is 0 Å². The van der Waals surface area contributed by atoms with Gasteiger partial charge in [0.15, 0.2) is 6.10 Å². The molecule has 0 aliphatic carbocycles. The monoisotopic (exact) mass is 965 g/mol. The molecule has 6 heteroatoms. The predicted molar refractivity (Wildman–Crippen MR) is 298 cm³/mol. The molecule has 6 nitrogen and oxygen atoms in total. The zero-order valence-electron chi connectivity index (χ0n) is 45.8. The second-order valence-corrected chi connectivity index (χ2v) is 19.9. The lowest BCUT2D eigenvalue weighted by Gasteiger charge is -2.18. The van der Waals surface area contributed by atoms with Gasteiger partial charge in [-0.15, -0.1) is 0 Å². The third-order valence-corrected chi connectivity index (χ3v) is 13.0. The molecule has 0 heterocycles. The van der Waals surface area contributed by atoms with Crippen LogP contribution in [-0.4, -0.2) is 37.2 Å². The van der Waals surface area contributed by atoms with Gasteiger partial charge < -0.3 is 14.2 Å². The highest BCUT2D eigenvalue weighted by Gasteiger charge is 2.19. The molecular formula is C63H112O6. The Morgan fingerprint density at radius 2 is 0.536 bits per heavy atom. The summed E-state index contributed by atoms with van der Waals surface area (Å²) in [7, 11) is 0. The zero-order valence-corrected chi connectivity index (χ0v) is 45.8. The molecule has 0 N–H and O–H groups in total. The van der Waals surface area contributed by atoms with E-state index in [2.05, 4.69) is 81.5 Å². The lowest BCUT2D eigenvalue weighted by molar-refractivity contribution is -0.167. The molecule has 0 amide bonds. The topological polar surface area (TPSA) is 78.9 Å². The molecule has 0 aromatic heterocycles. The summed E-state index contributed by atoms with van der Waals surface area (Å²) in [6, 6.07) is 0. The number of ether oxygens (including phenoxy) is 3. The van der Waals surface area contributed by atoms with E-state index in [0.29, 0.717) is 19.3 Å². The van der Waals surface area contributed by atoms with Crippen LogP contribution in [0.15, 0.2) is 60.8 Å². The Hall–Kier alpha value is -2.89. The SMILES string of the molecule is CCCCC/C=C\C/C=C\C/C=C\C/C=C\CCCC(=O)OC[C@H](COC(=O)CCCCCCCCCCCCCCCCCCC)OC(=O)CCCCCCCCC/C=C\CCCCCCCC. The van der Waals surface area contributed by atoms with Crippen molar-refractivity contribution in [2.24, 2.45) is 0 Å². The molecule has 0 bridgehead atoms. The van der Waals surface area contributed by atoms with Gasteiger partial charge in [0.25, 0.3) is 0 Å². The van der Waals surface area contributed by atoms with Gasteiger partial charge in [-0.2, -0.15) is 0 Å². The smallest absolute Gasteiger partial charge is 0.306 e. The Labute approximate surface area is 428 Å². The van der Waals surface area contributed by atoms with Crippen molar-refractivity contribution in [1.82, 2.24) is 0 Å². The molecule has 0 aliphatic rings. The molecule has 400 valence electrons. The van der Waals surface area contributed by atoms with E-state index < -0.39 is 6.10 Å². The molecule has 0 saturated heterocycles. The van der Waals surface area contributed by atoms with Gasteiger partial charge in [0.2, 0.25) is 0 Å². The summed E-state index contributed by atoms with van der Waals surface area (Å²) in [4.78, 5) is 38.2. The first-order valence-corrected chi connectivity index (χ1v) is 29.8. The number of unbranched alkanes of at least 4 members (excludes halogenated alkanes) is 33. The highest BCUT2D eigenvalue weighted by molar-refractivity contribution is 5.71. The number of carbonyl (C=O) groups excluding carboxylic acids is 3. The van der Waals surface area contributed by atoms with E-state index in [9.17, 15) is 14.4 Å². The Morgan fingerprint density at radius 3 is 0.913 bits per heavy atom. The molecule has 0 saturated carbocycles. The van der Waals surface area contributed by atoms with Crippen LogP contribution in [0.4, 0.5) is 0 Å². The second kappa shape index (κ2) is 57.7. The van der Waals surface area contributed by atoms with Crippen molar-refractivity contribution in [2.75, 3.05) is 13.2 Å². The first-order valence-electron chi connectivity index (χ1n) is 29.8. The van der Waals surface area contributed by atoms with Crippen LogP contribution >= 0.6 is 0 Å². The van der Waals surface area contributed by atoms with Gasteiger partial charge in [-0.25, -0.2) is 0 Å². The number of esters is 3. The molecule has 0 aliphatic heterocycles. The van der Waals surface area contributed by atoms with E-state index in [1.165, 1.54) is 193 Å². The average molecular weight is 966 g/mol. The highest BCUT2D eigenvalue weighted by atomic mass is 16.6. The molecule has 0 fully saturated rings. The summed E-state index contributed by atoms with van der Waals surface area (Å²) in [5.74, 6) is -0.939. The van der Waals surface area contributed by atoms with Crippen molar-refractivity contribution in [3.63, 3.8) is 0 Å². The van der Waals surface area contributed by atoms with Gasteiger partial charge >= 0.3 is 17.9 Å². The van der Waals surface area contributed by atoms with Gasteiger partial charge in [0.1, 0.15) is 13.2 Å². The van der Waals surface area contributed by atoms with E-state index >= 15 is 0 Å². The molecule has 1 atom stereocenters. The molecule has 0 aromatic carbocycles. The summed E-state index contributed by atoms with van der Waals surface area (Å²) in [6.45, 7) is 6.59. The van der Waals surface area contributed by atoms with Gasteiger partial charge in [0.05, 0.1) is 0 Å². The number of hydrogen-bond donors (Lipinski definition) is 0. The third-order valence-electron chi connectivity index (χ3n) is 13.0. The van der Waals surface area contributed by atoms with Crippen molar-refractivity contribution < 1.29 is 28.6 Å². The first-order chi connectivity index (χ1) is 34.0. The van der Waals surface area contributed by atoms with Crippen molar-refractivity contribution in [3.8, 4) is 0 Å². The van der Waals surface area contributed by atoms with Gasteiger partial charge in [-0.3, -0.25) is 14.4 Å². The average Bonchev–Trinajstić information content (AvgIpc) is 3.35. The zero-order chi connectivity index (χ0) is 50.0. The minimum absolute atomic E-state index is 0.0900. The Morgan fingerprint density at radius 1 is 0.290 bits per heavy atom. The van der Waals surface area contributed by atoms with Crippen LogP contribution < -0.4 is 0 Å². The maximum absolute atomic E-state index is 12.9. The van der Waals surface area contributed by atoms with Crippen molar-refractivity contribution in [1.29, 1.82) is 0 Å². The summed E-state index contributed by atoms with van der Waals surface area (Å²) >= 11 is 0. The number of carbonyl (C=O) groups is 3. The summed E-state index contributed by atoms with van der Waals surface area (Å²) in [6.07, 6.45) is 72.2. The van der Waals surface area contributed by atoms with Crippen molar-refractivity contribution >= 4 is 17.9 Å². The quantitative estimate of drug-likeness (QED) is 0.0262. The molecule has 0 spiro atoms. The molecule has 0 unspecified atom stereocenters. The lowest BCUT2D eigenvalue weighted by atomic mass is 10.0. The third kappa shape index (κ3) is 55.9. The Bertz CT molecular complexity index is 1250. The van der Waals surface area contributed by atoms with Crippen LogP contribution in [0.5, 0.6) is 0 Å². The molecule has 0 aromatic rings. The van der Waals surface area contributed by atoms with Gasteiger partial charge in [-0.05, 0) is 83.5 Å². The van der Waals surface area contributed by atoms with E-state index in [-0.39, 0.29) is 37.5 Å². The number of hydrogen-bond acceptors (Lipinski definition) is 6. The fraction of sp³-hybridized carbons (Fsp3) is 0.794. The van der Waals surface area contributed by atoms with Crippen LogP contribution in [0, 0.1) is 0 Å². The standard InChI is InChI=1S/C63H112O6/c1-4-7-10-13-16-19-22-25-28-31-34-37-40-43-46-49-52-55-61(64)67-58-60(69-63(66)57-54-51-48-45-42-39-36-33-30-27-24-21-18-15-12-9-6-3)59-68-62(65)56-53-50-47-44-41-38-35-32-29-26-23-20-17-14-11-8-5-2/h16,19,25,27-28,30,34,37,43,46,60H,4-15,17-18,20-24,26,29,31-33,35-36,38-42,44-45,47-59H2,1-3H3/b19-16-,28-25-,30-27-,37-34-,46-43-/t60-/m1/s1. The minimum atomic E-state index is -0.797. The molecule has 0 rings (SSSR count). The Balaban J connectivity index is 4.44.